The van der Waals surface area contributed by atoms with Gasteiger partial charge in [0, 0.05) is 40.8 Å². The Hall–Kier alpha value is -5.62. The molecule has 18 heteroatoms. The third-order valence-corrected chi connectivity index (χ3v) is 13.8. The summed E-state index contributed by atoms with van der Waals surface area (Å²) in [6.07, 6.45) is -1.61. The highest BCUT2D eigenvalue weighted by Crippen LogP contribution is 2.44. The Bertz CT molecular complexity index is 2270. The number of carbonyl (C=O) groups excluding carboxylic acids is 5. The van der Waals surface area contributed by atoms with Gasteiger partial charge in [0.2, 0.25) is 52.6 Å². The largest absolute Gasteiger partial charge is 0.448 e. The Morgan fingerprint density at radius 1 is 0.824 bits per heavy atom. The molecule has 1 aliphatic carbocycles. The second-order valence-corrected chi connectivity index (χ2v) is 18.5. The summed E-state index contributed by atoms with van der Waals surface area (Å²) in [5.41, 5.74) is 2.74. The van der Waals surface area contributed by atoms with Gasteiger partial charge in [0.25, 0.3) is 0 Å². The maximum atomic E-state index is 14.6. The smallest absolute Gasteiger partial charge is 0.410 e. The maximum absolute atomic E-state index is 14.6. The highest BCUT2D eigenvalue weighted by molar-refractivity contribution is 5.94. The van der Waals surface area contributed by atoms with Crippen LogP contribution >= 0.6 is 0 Å². The zero-order valence-electron chi connectivity index (χ0n) is 40.5. The first-order valence-corrected chi connectivity index (χ1v) is 22.8. The number of nitrogens with zero attached hydrogens (tertiary/aromatic N) is 3. The van der Waals surface area contributed by atoms with E-state index >= 15 is 0 Å². The molecule has 372 valence electrons. The van der Waals surface area contributed by atoms with Crippen LogP contribution < -0.4 is 10.1 Å². The highest BCUT2D eigenvalue weighted by Gasteiger charge is 2.45. The Labute approximate surface area is 394 Å². The molecule has 0 spiro atoms. The number of nitrogens with one attached hydrogen (secondary N) is 1. The Balaban J connectivity index is 1.26. The van der Waals surface area contributed by atoms with Gasteiger partial charge in [0.15, 0.2) is 0 Å². The van der Waals surface area contributed by atoms with Crippen LogP contribution in [0.5, 0.6) is 5.75 Å². The molecule has 1 fully saturated rings. The van der Waals surface area contributed by atoms with Crippen molar-refractivity contribution in [3.05, 3.63) is 88.7 Å². The SMILES string of the molecule is CC[C@H](C)[C@@H]([C@@H](CC(=O)N1CCC[C@H]1[C@H](OC)[C@@H](C)C(=O)Oc1c(F)c(F)c(F)c(F)c1F)OC)N(C)C(=O)[C@@H](NC(=O)C(C)(C)N(C)C(=O)OCC1c2ccccc2-c2ccccc21)C(C)C. The second kappa shape index (κ2) is 22.2. The van der Waals surface area contributed by atoms with Gasteiger partial charge in [-0.1, -0.05) is 82.6 Å². The molecule has 0 radical (unpaired) electrons. The van der Waals surface area contributed by atoms with Gasteiger partial charge in [0.1, 0.15) is 18.2 Å². The number of hydrogen-bond donors (Lipinski definition) is 1. The van der Waals surface area contributed by atoms with Crippen molar-refractivity contribution in [1.82, 2.24) is 20.0 Å². The zero-order chi connectivity index (χ0) is 50.5. The van der Waals surface area contributed by atoms with Crippen LogP contribution in [0.25, 0.3) is 11.1 Å². The lowest BCUT2D eigenvalue weighted by atomic mass is 9.89. The Morgan fingerprint density at radius 2 is 1.37 bits per heavy atom. The minimum atomic E-state index is -2.41. The fourth-order valence-corrected chi connectivity index (χ4v) is 9.28. The van der Waals surface area contributed by atoms with Gasteiger partial charge in [0.05, 0.1) is 36.6 Å². The van der Waals surface area contributed by atoms with Crippen molar-refractivity contribution in [3.63, 3.8) is 0 Å². The summed E-state index contributed by atoms with van der Waals surface area (Å²) in [5, 5.41) is 2.88. The molecule has 1 aliphatic heterocycles. The summed E-state index contributed by atoms with van der Waals surface area (Å²) < 4.78 is 92.3. The Morgan fingerprint density at radius 3 is 1.88 bits per heavy atom. The van der Waals surface area contributed by atoms with Gasteiger partial charge in [-0.2, -0.15) is 8.78 Å². The van der Waals surface area contributed by atoms with Crippen LogP contribution in [0.15, 0.2) is 48.5 Å². The first-order valence-electron chi connectivity index (χ1n) is 22.8. The lowest BCUT2D eigenvalue weighted by Gasteiger charge is -2.41. The quantitative estimate of drug-likeness (QED) is 0.0416. The summed E-state index contributed by atoms with van der Waals surface area (Å²) in [7, 11) is 5.69. The number of hydrogen-bond acceptors (Lipinski definition) is 9. The van der Waals surface area contributed by atoms with Crippen molar-refractivity contribution < 1.29 is 64.9 Å². The lowest BCUT2D eigenvalue weighted by molar-refractivity contribution is -0.151. The van der Waals surface area contributed by atoms with Crippen LogP contribution in [0.4, 0.5) is 26.7 Å². The Kier molecular flexibility index (Phi) is 17.4. The van der Waals surface area contributed by atoms with Crippen molar-refractivity contribution in [1.29, 1.82) is 0 Å². The minimum Gasteiger partial charge on any atom is -0.448 e. The first kappa shape index (κ1) is 53.3. The van der Waals surface area contributed by atoms with Gasteiger partial charge in [-0.05, 0) is 67.7 Å². The van der Waals surface area contributed by atoms with Gasteiger partial charge >= 0.3 is 12.1 Å². The molecule has 1 heterocycles. The van der Waals surface area contributed by atoms with Crippen LogP contribution in [0.1, 0.15) is 91.2 Å². The van der Waals surface area contributed by atoms with E-state index in [0.29, 0.717) is 19.3 Å². The van der Waals surface area contributed by atoms with Crippen LogP contribution in [-0.2, 0) is 33.4 Å². The predicted molar refractivity (Wildman–Crippen MR) is 242 cm³/mol. The molecule has 1 N–H and O–H groups in total. The second-order valence-electron chi connectivity index (χ2n) is 18.5. The van der Waals surface area contributed by atoms with E-state index in [1.165, 1.54) is 42.9 Å². The fraction of sp³-hybridized carbons (Fsp3) is 0.540. The molecule has 7 atom stereocenters. The van der Waals surface area contributed by atoms with Gasteiger partial charge in [-0.15, -0.1) is 0 Å². The molecule has 0 aromatic heterocycles. The van der Waals surface area contributed by atoms with E-state index in [-0.39, 0.29) is 31.4 Å². The number of methoxy groups -OCH3 is 2. The van der Waals surface area contributed by atoms with Crippen molar-refractivity contribution in [2.75, 3.05) is 41.5 Å². The van der Waals surface area contributed by atoms with Crippen molar-refractivity contribution in [2.45, 2.75) is 116 Å². The van der Waals surface area contributed by atoms with E-state index in [2.05, 4.69) is 5.32 Å². The number of benzene rings is 3. The number of likely N-dealkylation sites (tertiary alicyclic amines) is 1. The molecule has 0 unspecified atom stereocenters. The number of likely N-dealkylation sites (N-methyl/N-ethyl adjacent to an activating group) is 2. The topological polar surface area (TPSA) is 144 Å². The number of ether oxygens (including phenoxy) is 4. The summed E-state index contributed by atoms with van der Waals surface area (Å²) in [6, 6.07) is 13.3. The van der Waals surface area contributed by atoms with E-state index in [0.717, 1.165) is 22.3 Å². The molecular weight excluding hydrogens is 896 g/mol. The number of fused-ring (bicyclic) bond motifs is 3. The standard InChI is InChI=1S/C50H63F5N4O9/c1-12-27(4)43(35(65-10)24-36(60)59-23-17-22-34(59)44(66-11)28(5)47(62)68-45-40(54)38(52)37(51)39(53)41(45)55)57(8)46(61)42(26(2)3)56-48(63)50(6,7)58(9)49(64)67-25-33-31-20-15-13-18-29(31)30-19-14-16-21-32(30)33/h13-16,18-21,26-28,33-35,42-44H,12,17,22-25H2,1-11H3,(H,56,63)/t27-,28+,34-,35+,42-,43-,44+/m0/s1. The summed E-state index contributed by atoms with van der Waals surface area (Å²) in [6.45, 7) is 12.0. The highest BCUT2D eigenvalue weighted by atomic mass is 19.2. The minimum absolute atomic E-state index is 0.0437. The van der Waals surface area contributed by atoms with E-state index in [4.69, 9.17) is 18.9 Å². The predicted octanol–water partition coefficient (Wildman–Crippen LogP) is 8.01. The van der Waals surface area contributed by atoms with Crippen molar-refractivity contribution >= 4 is 29.8 Å². The van der Waals surface area contributed by atoms with E-state index in [1.54, 1.807) is 34.7 Å². The van der Waals surface area contributed by atoms with E-state index in [9.17, 15) is 45.9 Å². The molecule has 4 amide bonds. The van der Waals surface area contributed by atoms with Crippen LogP contribution in [0.2, 0.25) is 0 Å². The molecule has 13 nitrogen and oxygen atoms in total. The maximum Gasteiger partial charge on any atom is 0.410 e. The molecule has 2 aliphatic rings. The molecule has 3 aromatic carbocycles. The van der Waals surface area contributed by atoms with Crippen LogP contribution in [0.3, 0.4) is 0 Å². The first-order chi connectivity index (χ1) is 32.0. The summed E-state index contributed by atoms with van der Waals surface area (Å²) in [4.78, 5) is 73.8. The number of esters is 1. The number of amides is 4. The van der Waals surface area contributed by atoms with Crippen LogP contribution in [-0.4, -0.2) is 122 Å². The average molecular weight is 959 g/mol. The summed E-state index contributed by atoms with van der Waals surface area (Å²) >= 11 is 0. The van der Waals surface area contributed by atoms with E-state index < -0.39 is 112 Å². The van der Waals surface area contributed by atoms with Gasteiger partial charge < -0.3 is 34.1 Å². The lowest BCUT2D eigenvalue weighted by Crippen LogP contribution is -2.62. The molecule has 68 heavy (non-hydrogen) atoms. The molecule has 0 bridgehead atoms. The fourth-order valence-electron chi connectivity index (χ4n) is 9.28. The molecule has 5 rings (SSSR count). The number of carbonyl (C=O) groups is 5. The zero-order valence-corrected chi connectivity index (χ0v) is 40.5. The average Bonchev–Trinajstić information content (AvgIpc) is 3.94. The number of halogens is 5. The normalized spacial score (nSPS) is 17.4. The monoisotopic (exact) mass is 958 g/mol. The molecule has 0 saturated carbocycles. The van der Waals surface area contributed by atoms with Gasteiger partial charge in [-0.25, -0.2) is 18.0 Å². The summed E-state index contributed by atoms with van der Waals surface area (Å²) in [5.74, 6) is -18.4. The van der Waals surface area contributed by atoms with Crippen molar-refractivity contribution in [2.24, 2.45) is 17.8 Å². The van der Waals surface area contributed by atoms with Crippen LogP contribution in [0, 0.1) is 46.8 Å². The van der Waals surface area contributed by atoms with Crippen molar-refractivity contribution in [3.8, 4) is 16.9 Å². The third kappa shape index (κ3) is 10.7. The molecule has 1 saturated heterocycles. The number of rotatable bonds is 19. The molecular formula is C50H63F5N4O9. The third-order valence-electron chi connectivity index (χ3n) is 13.8. The van der Waals surface area contributed by atoms with E-state index in [1.807, 2.05) is 62.4 Å². The molecule has 3 aromatic rings. The van der Waals surface area contributed by atoms with Gasteiger partial charge in [-0.3, -0.25) is 24.1 Å².